The molecule has 0 saturated heterocycles. The van der Waals surface area contributed by atoms with E-state index in [1.807, 2.05) is 38.1 Å². The molecule has 6 rings (SSSR count). The summed E-state index contributed by atoms with van der Waals surface area (Å²) in [6.45, 7) is 8.60. The number of aryl methyl sites for hydroxylation is 2. The highest BCUT2D eigenvalue weighted by Gasteiger charge is 2.32. The van der Waals surface area contributed by atoms with Crippen molar-refractivity contribution in [2.75, 3.05) is 0 Å². The van der Waals surface area contributed by atoms with Crippen LogP contribution >= 0.6 is 0 Å². The lowest BCUT2D eigenvalue weighted by molar-refractivity contribution is -0.135. The van der Waals surface area contributed by atoms with Gasteiger partial charge in [0.1, 0.15) is 11.5 Å². The van der Waals surface area contributed by atoms with E-state index in [0.717, 1.165) is 84.4 Å². The van der Waals surface area contributed by atoms with Crippen molar-refractivity contribution in [3.8, 4) is 11.5 Å². The molecule has 0 aromatic carbocycles. The number of unbranched alkanes of at least 4 members (excludes halogenated alkanes) is 3. The summed E-state index contributed by atoms with van der Waals surface area (Å²) < 4.78 is 10.6. The molecule has 342 valence electrons. The monoisotopic (exact) mass is 841 g/mol. The molecule has 2 heterocycles. The van der Waals surface area contributed by atoms with Gasteiger partial charge >= 0.3 is 11.9 Å². The minimum Gasteiger partial charge on any atom is -0.425 e. The zero-order chi connectivity index (χ0) is 43.1. The molecule has 4 saturated carbocycles. The molecule has 6 nitrogen and oxygen atoms in total. The fourth-order valence-corrected chi connectivity index (χ4v) is 11.7. The van der Waals surface area contributed by atoms with E-state index in [-0.39, 0.29) is 11.9 Å². The van der Waals surface area contributed by atoms with Gasteiger partial charge in [-0.05, 0) is 162 Å². The number of aromatic nitrogens is 2. The van der Waals surface area contributed by atoms with Crippen LogP contribution in [0.1, 0.15) is 225 Å². The van der Waals surface area contributed by atoms with Crippen LogP contribution in [0.2, 0.25) is 0 Å². The van der Waals surface area contributed by atoms with Gasteiger partial charge in [0.05, 0.1) is 12.4 Å². The van der Waals surface area contributed by atoms with E-state index in [2.05, 4.69) is 23.8 Å². The molecular formula is C55H88N2O4. The normalized spacial score (nSPS) is 26.8. The third-order valence-corrected chi connectivity index (χ3v) is 15.7. The predicted octanol–water partition coefficient (Wildman–Crippen LogP) is 15.4. The molecule has 0 radical (unpaired) electrons. The maximum absolute atomic E-state index is 11.6. The van der Waals surface area contributed by atoms with E-state index >= 15 is 0 Å². The Hall–Kier alpha value is -2.76. The summed E-state index contributed by atoms with van der Waals surface area (Å²) in [4.78, 5) is 32.2. The Balaban J connectivity index is 0.000000231. The Morgan fingerprint density at radius 2 is 0.787 bits per heavy atom. The number of carbonyl (C=O) groups excluding carboxylic acids is 2. The SMILES string of the molecule is CCCCC[C@H]1CC[C@H]([C@H]2CC[C@H](CCc3ccc(OC(=O)CCC)cn3)CC2)CC1.CCCC[C@H]1CC[C@H]([C@H]2CC[C@H](CCc3ccc(OC(=O)CCC)cn3)CC2)CC1. The fourth-order valence-electron chi connectivity index (χ4n) is 11.7. The average molecular weight is 841 g/mol. The van der Waals surface area contributed by atoms with Crippen molar-refractivity contribution in [1.82, 2.24) is 9.97 Å². The largest absolute Gasteiger partial charge is 0.425 e. The van der Waals surface area contributed by atoms with Gasteiger partial charge in [-0.1, -0.05) is 124 Å². The number of ether oxygens (including phenoxy) is 2. The Morgan fingerprint density at radius 3 is 1.10 bits per heavy atom. The van der Waals surface area contributed by atoms with Gasteiger partial charge in [-0.3, -0.25) is 19.6 Å². The molecule has 6 heteroatoms. The molecular weight excluding hydrogens is 753 g/mol. The Kier molecular flexibility index (Phi) is 22.7. The summed E-state index contributed by atoms with van der Waals surface area (Å²) in [5.74, 6) is 8.66. The van der Waals surface area contributed by atoms with Crippen LogP contribution < -0.4 is 9.47 Å². The molecule has 0 bridgehead atoms. The summed E-state index contributed by atoms with van der Waals surface area (Å²) >= 11 is 0. The van der Waals surface area contributed by atoms with E-state index in [0.29, 0.717) is 24.3 Å². The van der Waals surface area contributed by atoms with Gasteiger partial charge in [0.15, 0.2) is 0 Å². The van der Waals surface area contributed by atoms with E-state index < -0.39 is 0 Å². The smallest absolute Gasteiger partial charge is 0.311 e. The van der Waals surface area contributed by atoms with Crippen molar-refractivity contribution >= 4 is 11.9 Å². The number of rotatable bonds is 21. The lowest BCUT2D eigenvalue weighted by Gasteiger charge is -2.38. The lowest BCUT2D eigenvalue weighted by atomic mass is 9.68. The summed E-state index contributed by atoms with van der Waals surface area (Å²) in [6, 6.07) is 7.84. The Morgan fingerprint density at radius 1 is 0.443 bits per heavy atom. The van der Waals surface area contributed by atoms with Crippen LogP contribution in [0.25, 0.3) is 0 Å². The molecule has 2 aromatic rings. The first kappa shape index (κ1) is 49.3. The first-order valence-electron chi connectivity index (χ1n) is 26.2. The first-order chi connectivity index (χ1) is 29.8. The van der Waals surface area contributed by atoms with Crippen molar-refractivity contribution in [3.05, 3.63) is 48.0 Å². The summed E-state index contributed by atoms with van der Waals surface area (Å²) in [6.07, 6.45) is 44.0. The van der Waals surface area contributed by atoms with Crippen molar-refractivity contribution in [1.29, 1.82) is 0 Å². The molecule has 4 fully saturated rings. The third kappa shape index (κ3) is 18.1. The highest BCUT2D eigenvalue weighted by atomic mass is 16.5. The van der Waals surface area contributed by atoms with Gasteiger partial charge in [0.2, 0.25) is 0 Å². The van der Waals surface area contributed by atoms with Crippen LogP contribution in [-0.2, 0) is 22.4 Å². The molecule has 0 unspecified atom stereocenters. The maximum atomic E-state index is 11.6. The summed E-state index contributed by atoms with van der Waals surface area (Å²) in [5.41, 5.74) is 2.25. The number of esters is 2. The molecule has 0 spiro atoms. The van der Waals surface area contributed by atoms with Crippen LogP contribution in [-0.4, -0.2) is 21.9 Å². The molecule has 0 aliphatic heterocycles. The van der Waals surface area contributed by atoms with Gasteiger partial charge in [0, 0.05) is 24.2 Å². The van der Waals surface area contributed by atoms with Gasteiger partial charge in [-0.2, -0.15) is 0 Å². The number of hydrogen-bond donors (Lipinski definition) is 0. The van der Waals surface area contributed by atoms with Crippen molar-refractivity contribution in [2.45, 2.75) is 227 Å². The van der Waals surface area contributed by atoms with Crippen LogP contribution in [0.15, 0.2) is 36.7 Å². The number of pyridine rings is 2. The van der Waals surface area contributed by atoms with Crippen LogP contribution in [0.4, 0.5) is 0 Å². The topological polar surface area (TPSA) is 78.4 Å². The highest BCUT2D eigenvalue weighted by Crippen LogP contribution is 2.44. The quantitative estimate of drug-likeness (QED) is 0.0920. The minimum absolute atomic E-state index is 0.168. The molecule has 0 N–H and O–H groups in total. The van der Waals surface area contributed by atoms with Gasteiger partial charge < -0.3 is 9.47 Å². The third-order valence-electron chi connectivity index (χ3n) is 15.7. The minimum atomic E-state index is -0.168. The Bertz CT molecular complexity index is 1460. The van der Waals surface area contributed by atoms with Crippen LogP contribution in [0, 0.1) is 47.3 Å². The second-order valence-electron chi connectivity index (χ2n) is 20.3. The summed E-state index contributed by atoms with van der Waals surface area (Å²) in [5, 5.41) is 0. The second kappa shape index (κ2) is 28.1. The van der Waals surface area contributed by atoms with E-state index in [1.54, 1.807) is 12.4 Å². The first-order valence-corrected chi connectivity index (χ1v) is 26.2. The van der Waals surface area contributed by atoms with Crippen LogP contribution in [0.3, 0.4) is 0 Å². The van der Waals surface area contributed by atoms with Crippen molar-refractivity contribution in [2.24, 2.45) is 47.3 Å². The highest BCUT2D eigenvalue weighted by molar-refractivity contribution is 5.72. The molecule has 0 atom stereocenters. The molecule has 61 heavy (non-hydrogen) atoms. The zero-order valence-corrected chi connectivity index (χ0v) is 39.5. The number of nitrogens with zero attached hydrogens (tertiary/aromatic N) is 2. The second-order valence-corrected chi connectivity index (χ2v) is 20.3. The number of hydrogen-bond acceptors (Lipinski definition) is 6. The maximum Gasteiger partial charge on any atom is 0.311 e. The number of carbonyl (C=O) groups is 2. The summed E-state index contributed by atoms with van der Waals surface area (Å²) in [7, 11) is 0. The van der Waals surface area contributed by atoms with E-state index in [9.17, 15) is 9.59 Å². The molecule has 0 amide bonds. The van der Waals surface area contributed by atoms with Crippen molar-refractivity contribution < 1.29 is 19.1 Å². The molecule has 4 aliphatic rings. The van der Waals surface area contributed by atoms with Crippen molar-refractivity contribution in [3.63, 3.8) is 0 Å². The lowest BCUT2D eigenvalue weighted by Crippen LogP contribution is -2.26. The Labute approximate surface area is 373 Å². The van der Waals surface area contributed by atoms with E-state index in [1.165, 1.54) is 161 Å². The average Bonchev–Trinajstić information content (AvgIpc) is 3.29. The van der Waals surface area contributed by atoms with Gasteiger partial charge in [0.25, 0.3) is 0 Å². The van der Waals surface area contributed by atoms with E-state index in [4.69, 9.17) is 9.47 Å². The molecule has 2 aromatic heterocycles. The predicted molar refractivity (Wildman–Crippen MR) is 252 cm³/mol. The standard InChI is InChI=1S/C28H45NO2.C27H43NO2/c1-3-5-6-8-22-9-14-24(15-10-22)25-16-11-23(12-17-25)13-18-26-19-20-27(21-29-26)31-28(30)7-4-2;1-3-5-7-21-8-13-23(14-9-21)24-15-10-22(11-16-24)12-17-25-18-19-26(20-28-25)30-27(29)6-4-2/h19-25H,3-18H2,1-2H3;18-24H,3-17H2,1-2H3/t22-,23-,24-,25-;21-,22-,23-,24-. The fraction of sp³-hybridized carbons (Fsp3) is 0.782. The zero-order valence-electron chi connectivity index (χ0n) is 39.5. The van der Waals surface area contributed by atoms with Crippen LogP contribution in [0.5, 0.6) is 11.5 Å². The van der Waals surface area contributed by atoms with Gasteiger partial charge in [-0.25, -0.2) is 0 Å². The van der Waals surface area contributed by atoms with Gasteiger partial charge in [-0.15, -0.1) is 0 Å². The molecule has 4 aliphatic carbocycles.